The molecule has 0 bridgehead atoms. The average molecular weight is 533 g/mol. The Morgan fingerprint density at radius 2 is 1.97 bits per heavy atom. The number of aromatic nitrogens is 3. The highest BCUT2D eigenvalue weighted by Gasteiger charge is 2.37. The van der Waals surface area contributed by atoms with Crippen molar-refractivity contribution in [1.29, 1.82) is 0 Å². The fourth-order valence-electron chi connectivity index (χ4n) is 4.12. The largest absolute Gasteiger partial charge is 0.492 e. The van der Waals surface area contributed by atoms with E-state index in [9.17, 15) is 9.19 Å². The van der Waals surface area contributed by atoms with Crippen LogP contribution in [0.3, 0.4) is 0 Å². The minimum atomic E-state index is -2.26. The number of nitrogens with one attached hydrogen (secondary N) is 1. The van der Waals surface area contributed by atoms with E-state index in [1.165, 1.54) is 12.1 Å². The first-order valence-corrected chi connectivity index (χ1v) is 15.5. The smallest absolute Gasteiger partial charge is 0.229 e. The van der Waals surface area contributed by atoms with E-state index in [2.05, 4.69) is 29.4 Å². The van der Waals surface area contributed by atoms with Gasteiger partial charge in [0.25, 0.3) is 0 Å². The Kier molecular flexibility index (Phi) is 7.75. The molecule has 3 aromatic rings. The second kappa shape index (κ2) is 10.5. The average Bonchev–Trinajstić information content (AvgIpc) is 3.22. The van der Waals surface area contributed by atoms with Crippen molar-refractivity contribution < 1.29 is 18.7 Å². The second-order valence-electron chi connectivity index (χ2n) is 10.5. The van der Waals surface area contributed by atoms with Crippen LogP contribution in [0.5, 0.6) is 5.75 Å². The van der Waals surface area contributed by atoms with Crippen molar-refractivity contribution in [2.75, 3.05) is 18.5 Å². The summed E-state index contributed by atoms with van der Waals surface area (Å²) in [5.74, 6) is 1.56. The van der Waals surface area contributed by atoms with Gasteiger partial charge in [0.2, 0.25) is 5.95 Å². The van der Waals surface area contributed by atoms with Crippen molar-refractivity contribution in [3.8, 4) is 5.75 Å². The van der Waals surface area contributed by atoms with Crippen molar-refractivity contribution in [3.05, 3.63) is 64.2 Å². The van der Waals surface area contributed by atoms with Crippen LogP contribution in [-0.2, 0) is 11.3 Å². The number of hydrogen-bond acceptors (Lipinski definition) is 6. The van der Waals surface area contributed by atoms with Gasteiger partial charge >= 0.3 is 0 Å². The molecule has 10 heteroatoms. The fraction of sp³-hybridized carbons (Fsp3) is 0.462. The highest BCUT2D eigenvalue weighted by Crippen LogP contribution is 2.40. The van der Waals surface area contributed by atoms with Crippen LogP contribution < -0.4 is 10.1 Å². The number of fused-ring (bicyclic) bond motifs is 1. The molecule has 36 heavy (non-hydrogen) atoms. The molecular formula is C26H34ClFN4O3Si. The summed E-state index contributed by atoms with van der Waals surface area (Å²) < 4.78 is 27.2. The Hall–Kier alpha value is -2.46. The zero-order chi connectivity index (χ0) is 26.1. The number of benzene rings is 2. The van der Waals surface area contributed by atoms with E-state index in [4.69, 9.17) is 21.1 Å². The third-order valence-electron chi connectivity index (χ3n) is 7.23. The van der Waals surface area contributed by atoms with Crippen LogP contribution in [0.2, 0.25) is 23.2 Å². The molecule has 1 aliphatic rings. The van der Waals surface area contributed by atoms with Crippen molar-refractivity contribution in [2.24, 2.45) is 0 Å². The Labute approximate surface area is 217 Å². The molecule has 0 saturated heterocycles. The Morgan fingerprint density at radius 3 is 2.67 bits per heavy atom. The minimum Gasteiger partial charge on any atom is -0.492 e. The van der Waals surface area contributed by atoms with E-state index >= 15 is 0 Å². The monoisotopic (exact) mass is 532 g/mol. The molecule has 0 amide bonds. The number of halogens is 2. The number of aryl methyl sites for hydroxylation is 1. The molecule has 0 aliphatic carbocycles. The summed E-state index contributed by atoms with van der Waals surface area (Å²) in [6.45, 7) is 11.4. The first-order chi connectivity index (χ1) is 17.0. The molecule has 1 aromatic heterocycles. The Morgan fingerprint density at radius 1 is 1.25 bits per heavy atom. The maximum atomic E-state index is 13.5. The summed E-state index contributed by atoms with van der Waals surface area (Å²) in [6, 6.07) is 9.95. The van der Waals surface area contributed by atoms with Crippen LogP contribution in [0.4, 0.5) is 16.0 Å². The second-order valence-corrected chi connectivity index (χ2v) is 15.4. The van der Waals surface area contributed by atoms with Gasteiger partial charge in [-0.15, -0.1) is 10.2 Å². The number of ether oxygens (including phenoxy) is 2. The third kappa shape index (κ3) is 5.75. The highest BCUT2D eigenvalue weighted by atomic mass is 35.5. The van der Waals surface area contributed by atoms with E-state index < -0.39 is 8.32 Å². The van der Waals surface area contributed by atoms with E-state index in [0.29, 0.717) is 42.4 Å². The maximum Gasteiger partial charge on any atom is 0.229 e. The standard InChI is InChI=1S/C26H34ClFN4O3Si/c1-17-13-20(27)23(35-12-6-11-26(2,3)36(4,5)33)14-21(17)29-25-31-30-24-16-34-15-22(32(24)25)18-7-9-19(28)10-8-18/h7-10,13-14,22,33H,6,11-12,15-16H2,1-5H3,(H,29,31)/t22-/m0/s1. The summed E-state index contributed by atoms with van der Waals surface area (Å²) in [6.07, 6.45) is 1.68. The van der Waals surface area contributed by atoms with Crippen LogP contribution >= 0.6 is 11.6 Å². The van der Waals surface area contributed by atoms with Gasteiger partial charge in [0.05, 0.1) is 24.3 Å². The molecule has 0 fully saturated rings. The van der Waals surface area contributed by atoms with Crippen molar-refractivity contribution in [1.82, 2.24) is 14.8 Å². The van der Waals surface area contributed by atoms with Crippen LogP contribution in [0.15, 0.2) is 36.4 Å². The predicted octanol–water partition coefficient (Wildman–Crippen LogP) is 6.38. The van der Waals surface area contributed by atoms with Crippen LogP contribution in [0.25, 0.3) is 0 Å². The van der Waals surface area contributed by atoms with E-state index in [1.54, 1.807) is 12.1 Å². The van der Waals surface area contributed by atoms with Gasteiger partial charge in [-0.25, -0.2) is 4.39 Å². The first-order valence-electron chi connectivity index (χ1n) is 12.2. The van der Waals surface area contributed by atoms with Crippen molar-refractivity contribution >= 4 is 31.6 Å². The lowest BCUT2D eigenvalue weighted by Gasteiger charge is -2.35. The molecule has 0 unspecified atom stereocenters. The van der Waals surface area contributed by atoms with Gasteiger partial charge in [-0.2, -0.15) is 0 Å². The molecule has 2 heterocycles. The summed E-state index contributed by atoms with van der Waals surface area (Å²) in [5, 5.41) is 12.5. The van der Waals surface area contributed by atoms with E-state index in [-0.39, 0.29) is 16.9 Å². The van der Waals surface area contributed by atoms with E-state index in [0.717, 1.165) is 29.7 Å². The molecule has 0 radical (unpaired) electrons. The lowest BCUT2D eigenvalue weighted by molar-refractivity contribution is 0.0670. The summed E-state index contributed by atoms with van der Waals surface area (Å²) >= 11 is 6.49. The number of nitrogens with zero attached hydrogens (tertiary/aromatic N) is 3. The van der Waals surface area contributed by atoms with Crippen LogP contribution in [0, 0.1) is 12.7 Å². The van der Waals surface area contributed by atoms with Gasteiger partial charge < -0.3 is 19.6 Å². The van der Waals surface area contributed by atoms with E-state index in [1.807, 2.05) is 36.7 Å². The molecule has 2 N–H and O–H groups in total. The van der Waals surface area contributed by atoms with Crippen molar-refractivity contribution in [2.45, 2.75) is 64.4 Å². The molecule has 4 rings (SSSR count). The van der Waals surface area contributed by atoms with Gasteiger partial charge in [0.1, 0.15) is 18.2 Å². The van der Waals surface area contributed by atoms with Gasteiger partial charge in [-0.05, 0) is 67.2 Å². The van der Waals surface area contributed by atoms with Gasteiger partial charge in [0.15, 0.2) is 14.1 Å². The topological polar surface area (TPSA) is 81.4 Å². The normalized spacial score (nSPS) is 16.1. The highest BCUT2D eigenvalue weighted by molar-refractivity contribution is 6.72. The number of anilines is 2. The third-order valence-corrected chi connectivity index (χ3v) is 11.1. The predicted molar refractivity (Wildman–Crippen MR) is 142 cm³/mol. The van der Waals surface area contributed by atoms with Crippen LogP contribution in [-0.4, -0.2) is 41.1 Å². The molecule has 1 aliphatic heterocycles. The lowest BCUT2D eigenvalue weighted by Crippen LogP contribution is -2.39. The summed E-state index contributed by atoms with van der Waals surface area (Å²) in [5.41, 5.74) is 2.65. The molecule has 0 spiro atoms. The van der Waals surface area contributed by atoms with Gasteiger partial charge in [0, 0.05) is 11.8 Å². The SMILES string of the molecule is Cc1cc(Cl)c(OCCCC(C)(C)[Si](C)(C)O)cc1Nc1nnc2n1[C@H](c1ccc(F)cc1)COC2. The number of rotatable bonds is 9. The summed E-state index contributed by atoms with van der Waals surface area (Å²) in [7, 11) is -2.26. The van der Waals surface area contributed by atoms with Gasteiger partial charge in [-0.3, -0.25) is 4.57 Å². The van der Waals surface area contributed by atoms with Gasteiger partial charge in [-0.1, -0.05) is 37.6 Å². The Bertz CT molecular complexity index is 1210. The first kappa shape index (κ1) is 26.6. The van der Waals surface area contributed by atoms with Crippen molar-refractivity contribution in [3.63, 3.8) is 0 Å². The number of hydrogen-bond donors (Lipinski definition) is 2. The fourth-order valence-corrected chi connectivity index (χ4v) is 5.18. The molecule has 1 atom stereocenters. The maximum absolute atomic E-state index is 13.5. The van der Waals surface area contributed by atoms with Crippen LogP contribution in [0.1, 0.15) is 49.7 Å². The molecule has 2 aromatic carbocycles. The summed E-state index contributed by atoms with van der Waals surface area (Å²) in [4.78, 5) is 10.5. The zero-order valence-electron chi connectivity index (χ0n) is 21.4. The molecule has 7 nitrogen and oxygen atoms in total. The zero-order valence-corrected chi connectivity index (χ0v) is 23.2. The Balaban J connectivity index is 1.51. The minimum absolute atomic E-state index is 0.0995. The molecular weight excluding hydrogens is 499 g/mol. The quantitative estimate of drug-likeness (QED) is 0.246. The lowest BCUT2D eigenvalue weighted by atomic mass is 10.1. The molecule has 0 saturated carbocycles. The molecule has 194 valence electrons.